The maximum atomic E-state index is 11.0. The number of thioether (sulfide) groups is 1. The molecule has 0 amide bonds. The average Bonchev–Trinajstić information content (AvgIpc) is 2.53. The van der Waals surface area contributed by atoms with E-state index in [2.05, 4.69) is 17.3 Å². The van der Waals surface area contributed by atoms with Crippen LogP contribution in [-0.2, 0) is 7.05 Å². The molecule has 96 valence electrons. The molecule has 0 aliphatic rings. The fourth-order valence-corrected chi connectivity index (χ4v) is 2.40. The number of nitro groups is 1. The lowest BCUT2D eigenvalue weighted by atomic mass is 10.2. The van der Waals surface area contributed by atoms with Gasteiger partial charge in [-0.15, -0.1) is 0 Å². The highest BCUT2D eigenvalue weighted by Gasteiger charge is 2.25. The molecule has 1 N–H and O–H groups in total. The van der Waals surface area contributed by atoms with Crippen LogP contribution in [0, 0.1) is 17.0 Å². The lowest BCUT2D eigenvalue weighted by Crippen LogP contribution is -2.23. The molecule has 7 heteroatoms. The van der Waals surface area contributed by atoms with Gasteiger partial charge in [-0.2, -0.15) is 16.9 Å². The normalized spacial score (nSPS) is 12.5. The van der Waals surface area contributed by atoms with Gasteiger partial charge in [-0.05, 0) is 19.6 Å². The quantitative estimate of drug-likeness (QED) is 0.625. The molecule has 1 atom stereocenters. The van der Waals surface area contributed by atoms with Gasteiger partial charge in [-0.3, -0.25) is 10.1 Å². The van der Waals surface area contributed by atoms with Crippen molar-refractivity contribution >= 4 is 23.3 Å². The van der Waals surface area contributed by atoms with Gasteiger partial charge in [0.15, 0.2) is 0 Å². The number of aromatic nitrogens is 2. The van der Waals surface area contributed by atoms with Gasteiger partial charge >= 0.3 is 5.69 Å². The third kappa shape index (κ3) is 3.12. The Morgan fingerprint density at radius 2 is 2.29 bits per heavy atom. The van der Waals surface area contributed by atoms with Crippen molar-refractivity contribution in [2.24, 2.45) is 7.05 Å². The standard InChI is InChI=1S/C10H18N4O2S/c1-5-8(6-17-4)11-10-9(14(15)16)7(2)12-13(10)3/h8,11H,5-6H2,1-4H3. The first-order valence-corrected chi connectivity index (χ1v) is 6.84. The molecule has 0 aliphatic heterocycles. The van der Waals surface area contributed by atoms with Crippen molar-refractivity contribution in [2.75, 3.05) is 17.3 Å². The van der Waals surface area contributed by atoms with Crippen molar-refractivity contribution in [2.45, 2.75) is 26.3 Å². The molecule has 0 bridgehead atoms. The van der Waals surface area contributed by atoms with Crippen molar-refractivity contribution in [3.63, 3.8) is 0 Å². The Labute approximate surface area is 105 Å². The van der Waals surface area contributed by atoms with Crippen LogP contribution in [0.2, 0.25) is 0 Å². The summed E-state index contributed by atoms with van der Waals surface area (Å²) in [6, 6.07) is 0.221. The van der Waals surface area contributed by atoms with Crippen LogP contribution in [0.1, 0.15) is 19.0 Å². The molecule has 0 aromatic carbocycles. The maximum absolute atomic E-state index is 11.0. The molecular formula is C10H18N4O2S. The zero-order chi connectivity index (χ0) is 13.0. The van der Waals surface area contributed by atoms with Crippen LogP contribution in [0.4, 0.5) is 11.5 Å². The van der Waals surface area contributed by atoms with Crippen LogP contribution in [-0.4, -0.2) is 32.8 Å². The van der Waals surface area contributed by atoms with E-state index in [4.69, 9.17) is 0 Å². The van der Waals surface area contributed by atoms with Gasteiger partial charge in [0, 0.05) is 18.8 Å². The summed E-state index contributed by atoms with van der Waals surface area (Å²) < 4.78 is 1.54. The van der Waals surface area contributed by atoms with Crippen LogP contribution >= 0.6 is 11.8 Å². The number of aryl methyl sites for hydroxylation is 2. The summed E-state index contributed by atoms with van der Waals surface area (Å²) in [4.78, 5) is 10.6. The third-order valence-corrected chi connectivity index (χ3v) is 3.31. The highest BCUT2D eigenvalue weighted by molar-refractivity contribution is 7.98. The van der Waals surface area contributed by atoms with Crippen LogP contribution < -0.4 is 5.32 Å². The van der Waals surface area contributed by atoms with E-state index >= 15 is 0 Å². The minimum absolute atomic E-state index is 0.0760. The summed E-state index contributed by atoms with van der Waals surface area (Å²) in [5, 5.41) is 18.3. The van der Waals surface area contributed by atoms with Gasteiger partial charge in [0.1, 0.15) is 5.69 Å². The molecule has 1 unspecified atom stereocenters. The number of hydrogen-bond acceptors (Lipinski definition) is 5. The van der Waals surface area contributed by atoms with E-state index in [1.807, 2.05) is 6.26 Å². The number of anilines is 1. The highest BCUT2D eigenvalue weighted by Crippen LogP contribution is 2.28. The zero-order valence-electron chi connectivity index (χ0n) is 10.6. The molecule has 1 heterocycles. The van der Waals surface area contributed by atoms with E-state index in [0.29, 0.717) is 11.5 Å². The second-order valence-electron chi connectivity index (χ2n) is 3.87. The predicted octanol–water partition coefficient (Wildman–Crippen LogP) is 2.19. The van der Waals surface area contributed by atoms with E-state index in [1.54, 1.807) is 25.7 Å². The Kier molecular flexibility index (Phi) is 4.80. The van der Waals surface area contributed by atoms with E-state index in [-0.39, 0.29) is 16.7 Å². The maximum Gasteiger partial charge on any atom is 0.333 e. The van der Waals surface area contributed by atoms with E-state index < -0.39 is 0 Å². The molecule has 0 aliphatic carbocycles. The van der Waals surface area contributed by atoms with Crippen LogP contribution in [0.25, 0.3) is 0 Å². The van der Waals surface area contributed by atoms with Gasteiger partial charge in [-0.25, -0.2) is 4.68 Å². The molecule has 0 fully saturated rings. The summed E-state index contributed by atoms with van der Waals surface area (Å²) in [5.74, 6) is 1.41. The number of nitrogens with one attached hydrogen (secondary N) is 1. The summed E-state index contributed by atoms with van der Waals surface area (Å²) in [6.45, 7) is 3.71. The topological polar surface area (TPSA) is 73.0 Å². The van der Waals surface area contributed by atoms with E-state index in [9.17, 15) is 10.1 Å². The zero-order valence-corrected chi connectivity index (χ0v) is 11.4. The largest absolute Gasteiger partial charge is 0.361 e. The first kappa shape index (κ1) is 13.8. The van der Waals surface area contributed by atoms with Gasteiger partial charge in [-0.1, -0.05) is 6.92 Å². The minimum Gasteiger partial charge on any atom is -0.361 e. The molecule has 1 rings (SSSR count). The Morgan fingerprint density at radius 1 is 1.65 bits per heavy atom. The predicted molar refractivity (Wildman–Crippen MR) is 70.7 cm³/mol. The fraction of sp³-hybridized carbons (Fsp3) is 0.700. The number of nitrogens with zero attached hydrogens (tertiary/aromatic N) is 3. The summed E-state index contributed by atoms with van der Waals surface area (Å²) in [5.41, 5.74) is 0.519. The average molecular weight is 258 g/mol. The van der Waals surface area contributed by atoms with Crippen LogP contribution in [0.3, 0.4) is 0 Å². The Balaban J connectivity index is 3.00. The smallest absolute Gasteiger partial charge is 0.333 e. The Morgan fingerprint density at radius 3 is 2.76 bits per heavy atom. The molecule has 0 spiro atoms. The van der Waals surface area contributed by atoms with E-state index in [1.165, 1.54) is 4.68 Å². The molecule has 6 nitrogen and oxygen atoms in total. The van der Waals surface area contributed by atoms with Crippen LogP contribution in [0.5, 0.6) is 0 Å². The van der Waals surface area contributed by atoms with Crippen molar-refractivity contribution in [1.82, 2.24) is 9.78 Å². The highest BCUT2D eigenvalue weighted by atomic mass is 32.2. The van der Waals surface area contributed by atoms with Crippen molar-refractivity contribution in [1.29, 1.82) is 0 Å². The van der Waals surface area contributed by atoms with E-state index in [0.717, 1.165) is 12.2 Å². The molecule has 17 heavy (non-hydrogen) atoms. The Hall–Kier alpha value is -1.24. The second kappa shape index (κ2) is 5.90. The SMILES string of the molecule is CCC(CSC)Nc1c([N+](=O)[O-])c(C)nn1C. The fourth-order valence-electron chi connectivity index (χ4n) is 1.68. The van der Waals surface area contributed by atoms with Gasteiger partial charge in [0.2, 0.25) is 5.82 Å². The first-order chi connectivity index (χ1) is 8.01. The lowest BCUT2D eigenvalue weighted by molar-refractivity contribution is -0.384. The number of rotatable bonds is 6. The lowest BCUT2D eigenvalue weighted by Gasteiger charge is -2.16. The molecule has 0 saturated heterocycles. The molecule has 0 saturated carbocycles. The van der Waals surface area contributed by atoms with Crippen molar-refractivity contribution in [3.05, 3.63) is 15.8 Å². The second-order valence-corrected chi connectivity index (χ2v) is 4.78. The number of hydrogen-bond donors (Lipinski definition) is 1. The monoisotopic (exact) mass is 258 g/mol. The summed E-state index contributed by atoms with van der Waals surface area (Å²) in [7, 11) is 1.72. The third-order valence-electron chi connectivity index (χ3n) is 2.57. The molecule has 1 aromatic rings. The van der Waals surface area contributed by atoms with Gasteiger partial charge in [0.05, 0.1) is 4.92 Å². The molecule has 0 radical (unpaired) electrons. The Bertz CT molecular complexity index is 405. The van der Waals surface area contributed by atoms with Gasteiger partial charge < -0.3 is 5.32 Å². The van der Waals surface area contributed by atoms with Crippen molar-refractivity contribution < 1.29 is 4.92 Å². The molecule has 1 aromatic heterocycles. The van der Waals surface area contributed by atoms with Crippen molar-refractivity contribution in [3.8, 4) is 0 Å². The van der Waals surface area contributed by atoms with Gasteiger partial charge in [0.25, 0.3) is 0 Å². The minimum atomic E-state index is -0.378. The van der Waals surface area contributed by atoms with Crippen LogP contribution in [0.15, 0.2) is 0 Å². The molecular weight excluding hydrogens is 240 g/mol. The summed E-state index contributed by atoms with van der Waals surface area (Å²) >= 11 is 1.72. The summed E-state index contributed by atoms with van der Waals surface area (Å²) in [6.07, 6.45) is 2.94. The first-order valence-electron chi connectivity index (χ1n) is 5.44.